The van der Waals surface area contributed by atoms with Crippen molar-refractivity contribution in [3.8, 4) is 5.75 Å². The van der Waals surface area contributed by atoms with Gasteiger partial charge in [-0.1, -0.05) is 30.3 Å². The van der Waals surface area contributed by atoms with Crippen molar-refractivity contribution in [2.75, 3.05) is 25.5 Å². The predicted octanol–water partition coefficient (Wildman–Crippen LogP) is 6.69. The van der Waals surface area contributed by atoms with Crippen molar-refractivity contribution in [2.24, 2.45) is 0 Å². The highest BCUT2D eigenvalue weighted by molar-refractivity contribution is 5.93. The van der Waals surface area contributed by atoms with Crippen LogP contribution in [0.2, 0.25) is 0 Å². The number of carbonyl (C=O) groups is 2. The summed E-state index contributed by atoms with van der Waals surface area (Å²) in [7, 11) is 1.57. The summed E-state index contributed by atoms with van der Waals surface area (Å²) in [6.07, 6.45) is 7.18. The minimum atomic E-state index is -0.594. The van der Waals surface area contributed by atoms with Gasteiger partial charge in [-0.3, -0.25) is 10.00 Å². The number of methoxy groups -OCH3 is 1. The van der Waals surface area contributed by atoms with Crippen LogP contribution < -0.4 is 10.1 Å². The Morgan fingerprint density at radius 1 is 0.976 bits per heavy atom. The third-order valence-corrected chi connectivity index (χ3v) is 7.79. The van der Waals surface area contributed by atoms with E-state index in [-0.39, 0.29) is 24.3 Å². The summed E-state index contributed by atoms with van der Waals surface area (Å²) in [6, 6.07) is 13.7. The molecule has 2 fully saturated rings. The molecule has 0 spiro atoms. The molecule has 0 unspecified atom stereocenters. The lowest BCUT2D eigenvalue weighted by atomic mass is 9.92. The molecule has 2 aliphatic rings. The van der Waals surface area contributed by atoms with Gasteiger partial charge in [0.25, 0.3) is 0 Å². The van der Waals surface area contributed by atoms with Crippen molar-refractivity contribution in [3.63, 3.8) is 0 Å². The van der Waals surface area contributed by atoms with Crippen molar-refractivity contribution in [3.05, 3.63) is 54.2 Å². The summed E-state index contributed by atoms with van der Waals surface area (Å²) in [5.41, 5.74) is 1.76. The van der Waals surface area contributed by atoms with Crippen molar-refractivity contribution in [1.82, 2.24) is 14.7 Å². The Hall–Kier alpha value is -3.79. The molecule has 1 N–H and O–H groups in total. The van der Waals surface area contributed by atoms with Crippen molar-refractivity contribution < 1.29 is 28.5 Å². The van der Waals surface area contributed by atoms with Crippen LogP contribution in [-0.4, -0.2) is 64.9 Å². The number of ether oxygens (including phenoxy) is 4. The van der Waals surface area contributed by atoms with E-state index in [1.807, 2.05) is 74.1 Å². The molecular weight excluding hydrogens is 536 g/mol. The lowest BCUT2D eigenvalue weighted by Gasteiger charge is -2.35. The van der Waals surface area contributed by atoms with Crippen LogP contribution >= 0.6 is 0 Å². The molecule has 2 amide bonds. The topological polar surface area (TPSA) is 104 Å². The van der Waals surface area contributed by atoms with Gasteiger partial charge >= 0.3 is 12.2 Å². The Kier molecular flexibility index (Phi) is 9.21. The van der Waals surface area contributed by atoms with Gasteiger partial charge in [0.1, 0.15) is 18.0 Å². The molecule has 2 aromatic carbocycles. The van der Waals surface area contributed by atoms with Crippen LogP contribution in [0.25, 0.3) is 10.9 Å². The molecule has 10 nitrogen and oxygen atoms in total. The predicted molar refractivity (Wildman–Crippen MR) is 160 cm³/mol. The van der Waals surface area contributed by atoms with Gasteiger partial charge < -0.3 is 23.8 Å². The Labute approximate surface area is 247 Å². The van der Waals surface area contributed by atoms with Crippen LogP contribution in [-0.2, 0) is 20.8 Å². The minimum Gasteiger partial charge on any atom is -0.494 e. The first-order valence-corrected chi connectivity index (χ1v) is 14.8. The third kappa shape index (κ3) is 7.73. The van der Waals surface area contributed by atoms with E-state index in [0.717, 1.165) is 55.0 Å². The van der Waals surface area contributed by atoms with E-state index in [9.17, 15) is 9.59 Å². The second-order valence-corrected chi connectivity index (χ2v) is 12.1. The van der Waals surface area contributed by atoms with E-state index in [2.05, 4.69) is 5.32 Å². The first-order valence-electron chi connectivity index (χ1n) is 14.8. The number of fused-ring (bicyclic) bond motifs is 1. The molecule has 2 heterocycles. The zero-order valence-electron chi connectivity index (χ0n) is 25.0. The monoisotopic (exact) mass is 578 g/mol. The maximum atomic E-state index is 12.5. The fourth-order valence-corrected chi connectivity index (χ4v) is 5.64. The van der Waals surface area contributed by atoms with E-state index in [0.29, 0.717) is 31.1 Å². The second-order valence-electron chi connectivity index (χ2n) is 12.1. The number of nitrogens with zero attached hydrogens (tertiary/aromatic N) is 3. The van der Waals surface area contributed by atoms with Crippen LogP contribution in [0.5, 0.6) is 5.75 Å². The highest BCUT2D eigenvalue weighted by Crippen LogP contribution is 2.35. The normalized spacial score (nSPS) is 19.9. The number of nitrogens with one attached hydrogen (secondary N) is 1. The molecule has 3 aromatic rings. The molecule has 1 aliphatic carbocycles. The number of hydrogen-bond donors (Lipinski definition) is 1. The van der Waals surface area contributed by atoms with Gasteiger partial charge in [0.15, 0.2) is 0 Å². The van der Waals surface area contributed by atoms with E-state index < -0.39 is 11.7 Å². The highest BCUT2D eigenvalue weighted by atomic mass is 16.6. The average Bonchev–Trinajstić information content (AvgIpc) is 3.38. The fraction of sp³-hybridized carbons (Fsp3) is 0.531. The molecule has 42 heavy (non-hydrogen) atoms. The highest BCUT2D eigenvalue weighted by Gasteiger charge is 2.29. The molecule has 5 rings (SSSR count). The fourth-order valence-electron chi connectivity index (χ4n) is 5.64. The largest absolute Gasteiger partial charge is 0.494 e. The Morgan fingerprint density at radius 2 is 1.67 bits per heavy atom. The maximum absolute atomic E-state index is 12.5. The average molecular weight is 579 g/mol. The van der Waals surface area contributed by atoms with Crippen LogP contribution in [0.15, 0.2) is 48.7 Å². The number of rotatable bonds is 7. The second kappa shape index (κ2) is 13.0. The van der Waals surface area contributed by atoms with E-state index in [4.69, 9.17) is 24.0 Å². The molecule has 1 saturated heterocycles. The van der Waals surface area contributed by atoms with Crippen molar-refractivity contribution in [2.45, 2.75) is 89.8 Å². The minimum absolute atomic E-state index is 0.167. The number of benzene rings is 2. The summed E-state index contributed by atoms with van der Waals surface area (Å²) >= 11 is 0. The van der Waals surface area contributed by atoms with E-state index in [1.165, 1.54) is 0 Å². The SMILES string of the molecule is COc1cc2nn(C3CCC(OC4CCN(C(=O)OCc5ccccc5)CC4)CC3)cc2cc1NC(=O)OC(C)(C)C. The van der Waals surface area contributed by atoms with Gasteiger partial charge in [-0.15, -0.1) is 0 Å². The van der Waals surface area contributed by atoms with Crippen LogP contribution in [0.4, 0.5) is 15.3 Å². The first kappa shape index (κ1) is 29.7. The van der Waals surface area contributed by atoms with Gasteiger partial charge in [0.05, 0.1) is 36.6 Å². The van der Waals surface area contributed by atoms with Crippen LogP contribution in [0.3, 0.4) is 0 Å². The third-order valence-electron chi connectivity index (χ3n) is 7.79. The molecular formula is C32H42N4O6. The van der Waals surface area contributed by atoms with Gasteiger partial charge in [-0.05, 0) is 70.9 Å². The van der Waals surface area contributed by atoms with Crippen LogP contribution in [0, 0.1) is 0 Å². The molecule has 1 saturated carbocycles. The zero-order chi connectivity index (χ0) is 29.7. The Morgan fingerprint density at radius 3 is 2.33 bits per heavy atom. The van der Waals surface area contributed by atoms with Gasteiger partial charge in [0.2, 0.25) is 0 Å². The summed E-state index contributed by atoms with van der Waals surface area (Å²) in [5, 5.41) is 8.55. The lowest BCUT2D eigenvalue weighted by molar-refractivity contribution is -0.0592. The Balaban J connectivity index is 1.09. The first-order chi connectivity index (χ1) is 20.2. The quantitative estimate of drug-likeness (QED) is 0.333. The summed E-state index contributed by atoms with van der Waals surface area (Å²) in [4.78, 5) is 26.6. The van der Waals surface area contributed by atoms with Crippen molar-refractivity contribution in [1.29, 1.82) is 0 Å². The molecule has 0 atom stereocenters. The van der Waals surface area contributed by atoms with E-state index >= 15 is 0 Å². The number of aromatic nitrogens is 2. The molecule has 0 radical (unpaired) electrons. The summed E-state index contributed by atoms with van der Waals surface area (Å²) in [6.45, 7) is 7.08. The standard InChI is InChI=1S/C32H42N4O6/c1-32(2,3)42-30(37)33-28-18-23-20-36(34-27(23)19-29(28)39-4)24-10-12-25(13-11-24)41-26-14-16-35(17-15-26)31(38)40-21-22-8-6-5-7-9-22/h5-9,18-20,24-26H,10-17,21H2,1-4H3,(H,33,37). The summed E-state index contributed by atoms with van der Waals surface area (Å²) < 4.78 is 24.9. The van der Waals surface area contributed by atoms with E-state index in [1.54, 1.807) is 12.0 Å². The number of amides is 2. The maximum Gasteiger partial charge on any atom is 0.412 e. The molecule has 226 valence electrons. The number of likely N-dealkylation sites (tertiary alicyclic amines) is 1. The molecule has 0 bridgehead atoms. The molecule has 1 aliphatic heterocycles. The molecule has 1 aromatic heterocycles. The lowest BCUT2D eigenvalue weighted by Crippen LogP contribution is -2.42. The van der Waals surface area contributed by atoms with Crippen LogP contribution in [0.1, 0.15) is 70.9 Å². The number of carbonyl (C=O) groups excluding carboxylic acids is 2. The zero-order valence-corrected chi connectivity index (χ0v) is 25.0. The van der Waals surface area contributed by atoms with Gasteiger partial charge in [0, 0.05) is 30.7 Å². The number of piperidine rings is 1. The van der Waals surface area contributed by atoms with Gasteiger partial charge in [-0.2, -0.15) is 5.10 Å². The van der Waals surface area contributed by atoms with Crippen molar-refractivity contribution >= 4 is 28.8 Å². The Bertz CT molecular complexity index is 1350. The summed E-state index contributed by atoms with van der Waals surface area (Å²) in [5.74, 6) is 0.534. The number of hydrogen-bond acceptors (Lipinski definition) is 7. The number of anilines is 1. The smallest absolute Gasteiger partial charge is 0.412 e. The molecule has 10 heteroatoms. The van der Waals surface area contributed by atoms with Gasteiger partial charge in [-0.25, -0.2) is 9.59 Å².